The Labute approximate surface area is 103 Å². The Morgan fingerprint density at radius 1 is 1.44 bits per heavy atom. The van der Waals surface area contributed by atoms with Crippen molar-refractivity contribution in [3.8, 4) is 0 Å². The van der Waals surface area contributed by atoms with E-state index in [1.165, 1.54) is 4.68 Å². The van der Waals surface area contributed by atoms with Crippen LogP contribution < -0.4 is 5.73 Å². The third kappa shape index (κ3) is 2.15. The van der Waals surface area contributed by atoms with Crippen molar-refractivity contribution in [2.45, 2.75) is 20.4 Å². The van der Waals surface area contributed by atoms with Crippen LogP contribution in [0.5, 0.6) is 0 Å². The third-order valence-electron chi connectivity index (χ3n) is 2.62. The second-order valence-corrected chi connectivity index (χ2v) is 4.04. The topological polar surface area (TPSA) is 99.9 Å². The van der Waals surface area contributed by atoms with E-state index in [9.17, 15) is 10.1 Å². The number of nitrogens with two attached hydrogens (primary N) is 1. The molecule has 94 valence electrons. The molecule has 0 unspecified atom stereocenters. The quantitative estimate of drug-likeness (QED) is 0.653. The molecule has 2 N–H and O–H groups in total. The average molecular weight is 247 g/mol. The van der Waals surface area contributed by atoms with Gasteiger partial charge >= 0.3 is 5.69 Å². The molecular formula is C11H13N5O2. The van der Waals surface area contributed by atoms with Gasteiger partial charge in [-0.25, -0.2) is 4.68 Å². The van der Waals surface area contributed by atoms with E-state index in [2.05, 4.69) is 10.1 Å². The average Bonchev–Trinajstić information content (AvgIpc) is 2.57. The summed E-state index contributed by atoms with van der Waals surface area (Å²) in [5.74, 6) is 0.0677. The highest BCUT2D eigenvalue weighted by molar-refractivity contribution is 5.56. The molecule has 0 saturated heterocycles. The maximum Gasteiger partial charge on any atom is 0.333 e. The SMILES string of the molecule is Cc1ccc(Cn2nc(C)c([N+](=O)[O-])c2N)cn1. The van der Waals surface area contributed by atoms with Gasteiger partial charge in [0.25, 0.3) is 0 Å². The van der Waals surface area contributed by atoms with E-state index in [4.69, 9.17) is 5.73 Å². The van der Waals surface area contributed by atoms with E-state index in [-0.39, 0.29) is 11.5 Å². The van der Waals surface area contributed by atoms with Gasteiger partial charge in [0.1, 0.15) is 5.69 Å². The first-order valence-corrected chi connectivity index (χ1v) is 5.38. The highest BCUT2D eigenvalue weighted by Gasteiger charge is 2.22. The van der Waals surface area contributed by atoms with Gasteiger partial charge in [-0.1, -0.05) is 6.07 Å². The number of hydrogen-bond donors (Lipinski definition) is 1. The number of nitrogen functional groups attached to an aromatic ring is 1. The molecule has 0 atom stereocenters. The number of aromatic nitrogens is 3. The number of aryl methyl sites for hydroxylation is 2. The van der Waals surface area contributed by atoms with Gasteiger partial charge < -0.3 is 5.73 Å². The van der Waals surface area contributed by atoms with Crippen LogP contribution in [0.15, 0.2) is 18.3 Å². The summed E-state index contributed by atoms with van der Waals surface area (Å²) in [5, 5.41) is 14.9. The fraction of sp³-hybridized carbons (Fsp3) is 0.273. The van der Waals surface area contributed by atoms with Gasteiger partial charge in [-0.15, -0.1) is 0 Å². The Kier molecular flexibility index (Phi) is 2.97. The lowest BCUT2D eigenvalue weighted by molar-refractivity contribution is -0.384. The van der Waals surface area contributed by atoms with Gasteiger partial charge in [0.15, 0.2) is 0 Å². The molecule has 0 aliphatic carbocycles. The maximum absolute atomic E-state index is 10.8. The summed E-state index contributed by atoms with van der Waals surface area (Å²) in [5.41, 5.74) is 7.71. The van der Waals surface area contributed by atoms with Crippen molar-refractivity contribution >= 4 is 11.5 Å². The Balaban J connectivity index is 2.33. The molecule has 0 saturated carbocycles. The smallest absolute Gasteiger partial charge is 0.333 e. The molecule has 0 bridgehead atoms. The van der Waals surface area contributed by atoms with E-state index in [1.807, 2.05) is 19.1 Å². The molecule has 0 fully saturated rings. The zero-order valence-electron chi connectivity index (χ0n) is 10.1. The summed E-state index contributed by atoms with van der Waals surface area (Å²) < 4.78 is 1.42. The summed E-state index contributed by atoms with van der Waals surface area (Å²) in [6, 6.07) is 3.76. The molecule has 0 aliphatic rings. The highest BCUT2D eigenvalue weighted by atomic mass is 16.6. The molecule has 2 heterocycles. The third-order valence-corrected chi connectivity index (χ3v) is 2.62. The monoisotopic (exact) mass is 247 g/mol. The number of pyridine rings is 1. The molecule has 2 aromatic rings. The fourth-order valence-electron chi connectivity index (χ4n) is 1.70. The second kappa shape index (κ2) is 4.44. The van der Waals surface area contributed by atoms with Crippen LogP contribution >= 0.6 is 0 Å². The van der Waals surface area contributed by atoms with Crippen molar-refractivity contribution in [2.75, 3.05) is 5.73 Å². The van der Waals surface area contributed by atoms with Gasteiger partial charge in [0.05, 0.1) is 11.5 Å². The number of rotatable bonds is 3. The standard InChI is InChI=1S/C11H13N5O2/c1-7-3-4-9(5-13-7)6-15-11(12)10(16(17)18)8(2)14-15/h3-5H,6,12H2,1-2H3. The number of anilines is 1. The normalized spacial score (nSPS) is 10.6. The zero-order valence-corrected chi connectivity index (χ0v) is 10.1. The van der Waals surface area contributed by atoms with Crippen molar-refractivity contribution in [1.82, 2.24) is 14.8 Å². The van der Waals surface area contributed by atoms with Crippen LogP contribution in [-0.4, -0.2) is 19.7 Å². The zero-order chi connectivity index (χ0) is 13.3. The minimum absolute atomic E-state index is 0.0677. The van der Waals surface area contributed by atoms with Gasteiger partial charge in [0.2, 0.25) is 5.82 Å². The molecule has 0 aliphatic heterocycles. The maximum atomic E-state index is 10.8. The van der Waals surface area contributed by atoms with Gasteiger partial charge in [-0.3, -0.25) is 15.1 Å². The molecule has 18 heavy (non-hydrogen) atoms. The first-order chi connectivity index (χ1) is 8.49. The summed E-state index contributed by atoms with van der Waals surface area (Å²) in [6.07, 6.45) is 1.71. The van der Waals surface area contributed by atoms with E-state index < -0.39 is 4.92 Å². The predicted molar refractivity (Wildman–Crippen MR) is 66.1 cm³/mol. The van der Waals surface area contributed by atoms with E-state index in [1.54, 1.807) is 13.1 Å². The summed E-state index contributed by atoms with van der Waals surface area (Å²) in [4.78, 5) is 14.5. The lowest BCUT2D eigenvalue weighted by atomic mass is 10.2. The molecule has 0 amide bonds. The first-order valence-electron chi connectivity index (χ1n) is 5.38. The van der Waals surface area contributed by atoms with E-state index in [0.29, 0.717) is 12.2 Å². The van der Waals surface area contributed by atoms with Crippen molar-refractivity contribution in [2.24, 2.45) is 0 Å². The largest absolute Gasteiger partial charge is 0.378 e. The molecule has 2 aromatic heterocycles. The summed E-state index contributed by atoms with van der Waals surface area (Å²) in [7, 11) is 0. The molecule has 0 spiro atoms. The molecule has 7 heteroatoms. The van der Waals surface area contributed by atoms with Gasteiger partial charge in [-0.2, -0.15) is 5.10 Å². The van der Waals surface area contributed by atoms with Gasteiger partial charge in [0, 0.05) is 11.9 Å². The number of nitro groups is 1. The number of nitrogens with zero attached hydrogens (tertiary/aromatic N) is 4. The highest BCUT2D eigenvalue weighted by Crippen LogP contribution is 2.25. The van der Waals surface area contributed by atoms with Crippen LogP contribution in [0.3, 0.4) is 0 Å². The molecular weight excluding hydrogens is 234 g/mol. The van der Waals surface area contributed by atoms with Crippen molar-refractivity contribution in [3.05, 3.63) is 45.4 Å². The molecule has 0 radical (unpaired) electrons. The van der Waals surface area contributed by atoms with Crippen LogP contribution in [-0.2, 0) is 6.54 Å². The fourth-order valence-corrected chi connectivity index (χ4v) is 1.70. The van der Waals surface area contributed by atoms with Crippen LogP contribution in [0.1, 0.15) is 17.0 Å². The van der Waals surface area contributed by atoms with Crippen LogP contribution in [0.25, 0.3) is 0 Å². The lowest BCUT2D eigenvalue weighted by Crippen LogP contribution is -2.07. The second-order valence-electron chi connectivity index (χ2n) is 4.04. The molecule has 7 nitrogen and oxygen atoms in total. The van der Waals surface area contributed by atoms with E-state index in [0.717, 1.165) is 11.3 Å². The minimum atomic E-state index is -0.512. The van der Waals surface area contributed by atoms with Crippen LogP contribution in [0.4, 0.5) is 11.5 Å². The Hall–Kier alpha value is -2.44. The van der Waals surface area contributed by atoms with Crippen LogP contribution in [0, 0.1) is 24.0 Å². The predicted octanol–water partition coefficient (Wildman–Crippen LogP) is 1.43. The van der Waals surface area contributed by atoms with E-state index >= 15 is 0 Å². The Morgan fingerprint density at radius 3 is 2.67 bits per heavy atom. The summed E-state index contributed by atoms with van der Waals surface area (Å²) in [6.45, 7) is 3.83. The minimum Gasteiger partial charge on any atom is -0.378 e. The number of hydrogen-bond acceptors (Lipinski definition) is 5. The van der Waals surface area contributed by atoms with Crippen LogP contribution in [0.2, 0.25) is 0 Å². The Morgan fingerprint density at radius 2 is 2.17 bits per heavy atom. The van der Waals surface area contributed by atoms with Crippen molar-refractivity contribution in [3.63, 3.8) is 0 Å². The first kappa shape index (κ1) is 12.0. The van der Waals surface area contributed by atoms with Crippen molar-refractivity contribution < 1.29 is 4.92 Å². The molecule has 0 aromatic carbocycles. The summed E-state index contributed by atoms with van der Waals surface area (Å²) >= 11 is 0. The van der Waals surface area contributed by atoms with Gasteiger partial charge in [-0.05, 0) is 25.5 Å². The molecule has 2 rings (SSSR count). The lowest BCUT2D eigenvalue weighted by Gasteiger charge is -2.03. The van der Waals surface area contributed by atoms with Crippen molar-refractivity contribution in [1.29, 1.82) is 0 Å². The Bertz CT molecular complexity index is 588.